The molecule has 2 rings (SSSR count). The van der Waals surface area contributed by atoms with Crippen LogP contribution in [0.1, 0.15) is 10.4 Å². The summed E-state index contributed by atoms with van der Waals surface area (Å²) >= 11 is 0. The second-order valence-corrected chi connectivity index (χ2v) is 4.80. The van der Waals surface area contributed by atoms with Gasteiger partial charge in [-0.3, -0.25) is 4.79 Å². The molecule has 0 amide bonds. The van der Waals surface area contributed by atoms with Gasteiger partial charge in [-0.25, -0.2) is 8.42 Å². The van der Waals surface area contributed by atoms with Crippen molar-refractivity contribution in [1.82, 2.24) is 0 Å². The van der Waals surface area contributed by atoms with Gasteiger partial charge in [0.05, 0.1) is 4.90 Å². The van der Waals surface area contributed by atoms with E-state index >= 15 is 0 Å². The molecule has 0 radical (unpaired) electrons. The lowest BCUT2D eigenvalue weighted by molar-refractivity contribution is 0.0549. The van der Waals surface area contributed by atoms with Crippen molar-refractivity contribution in [2.75, 3.05) is 0 Å². The summed E-state index contributed by atoms with van der Waals surface area (Å²) in [4.78, 5) is 10.4. The fourth-order valence-electron chi connectivity index (χ4n) is 1.31. The summed E-state index contributed by atoms with van der Waals surface area (Å²) in [6.07, 6.45) is 0. The van der Waals surface area contributed by atoms with E-state index in [9.17, 15) is 22.0 Å². The third-order valence-electron chi connectivity index (χ3n) is 2.02. The van der Waals surface area contributed by atoms with Crippen LogP contribution in [0, 0.1) is 0 Å². The smallest absolute Gasteiger partial charge is 0.286 e. The van der Waals surface area contributed by atoms with E-state index in [1.54, 1.807) is 0 Å². The van der Waals surface area contributed by atoms with Crippen LogP contribution in [-0.2, 0) is 9.84 Å². The molecular formula is C8H4F2O3S. The van der Waals surface area contributed by atoms with Crippen molar-refractivity contribution in [2.45, 2.75) is 10.2 Å². The molecule has 0 aliphatic carbocycles. The SMILES string of the molecule is O=C1c2ccccc2S(=O)(=O)C1(F)F. The minimum absolute atomic E-state index is 0.433. The zero-order valence-electron chi connectivity index (χ0n) is 6.70. The predicted octanol–water partition coefficient (Wildman–Crippen LogP) is 1.25. The van der Waals surface area contributed by atoms with E-state index in [1.165, 1.54) is 12.1 Å². The molecule has 0 aromatic heterocycles. The molecule has 0 atom stereocenters. The maximum Gasteiger partial charge on any atom is 0.411 e. The average Bonchev–Trinajstić information content (AvgIpc) is 2.27. The number of carbonyl (C=O) groups excluding carboxylic acids is 1. The number of hydrogen-bond donors (Lipinski definition) is 0. The first-order valence-corrected chi connectivity index (χ1v) is 5.13. The van der Waals surface area contributed by atoms with E-state index in [0.29, 0.717) is 0 Å². The summed E-state index contributed by atoms with van der Waals surface area (Å²) in [5.74, 6) is -1.65. The Hall–Kier alpha value is -1.30. The van der Waals surface area contributed by atoms with Crippen LogP contribution in [0.15, 0.2) is 29.2 Å². The largest absolute Gasteiger partial charge is 0.411 e. The number of benzene rings is 1. The van der Waals surface area contributed by atoms with Gasteiger partial charge in [-0.1, -0.05) is 12.1 Å². The Kier molecular flexibility index (Phi) is 1.58. The zero-order chi connectivity index (χ0) is 10.6. The Morgan fingerprint density at radius 3 is 2.29 bits per heavy atom. The highest BCUT2D eigenvalue weighted by Crippen LogP contribution is 2.40. The number of sulfone groups is 1. The first-order valence-electron chi connectivity index (χ1n) is 3.65. The molecule has 74 valence electrons. The van der Waals surface area contributed by atoms with Gasteiger partial charge in [0.2, 0.25) is 5.78 Å². The molecule has 0 fully saturated rings. The highest BCUT2D eigenvalue weighted by molar-refractivity contribution is 7.94. The van der Waals surface area contributed by atoms with E-state index in [0.717, 1.165) is 12.1 Å². The first-order chi connectivity index (χ1) is 6.39. The van der Waals surface area contributed by atoms with Gasteiger partial charge < -0.3 is 0 Å². The highest BCUT2D eigenvalue weighted by Gasteiger charge is 2.60. The van der Waals surface area contributed by atoms with Crippen molar-refractivity contribution in [2.24, 2.45) is 0 Å². The normalized spacial score (nSPS) is 22.0. The number of alkyl halides is 2. The van der Waals surface area contributed by atoms with Crippen molar-refractivity contribution in [1.29, 1.82) is 0 Å². The molecule has 1 aromatic rings. The monoisotopic (exact) mass is 218 g/mol. The molecule has 1 aromatic carbocycles. The molecule has 1 aliphatic heterocycles. The number of carbonyl (C=O) groups is 1. The van der Waals surface area contributed by atoms with Crippen LogP contribution in [0.3, 0.4) is 0 Å². The standard InChI is InChI=1S/C8H4F2O3S/c9-8(10)7(11)5-3-1-2-4-6(5)14(8,12)13/h1-4H. The molecule has 0 saturated carbocycles. The van der Waals surface area contributed by atoms with Crippen LogP contribution in [0.2, 0.25) is 0 Å². The fourth-order valence-corrected chi connectivity index (χ4v) is 2.64. The van der Waals surface area contributed by atoms with Gasteiger partial charge >= 0.3 is 5.25 Å². The molecule has 14 heavy (non-hydrogen) atoms. The van der Waals surface area contributed by atoms with E-state index in [-0.39, 0.29) is 0 Å². The summed E-state index contributed by atoms with van der Waals surface area (Å²) in [6, 6.07) is 4.72. The van der Waals surface area contributed by atoms with Crippen LogP contribution in [0.4, 0.5) is 8.78 Å². The molecule has 0 spiro atoms. The van der Waals surface area contributed by atoms with Crippen LogP contribution in [-0.4, -0.2) is 19.5 Å². The quantitative estimate of drug-likeness (QED) is 0.658. The third kappa shape index (κ3) is 0.836. The molecule has 1 aliphatic rings. The topological polar surface area (TPSA) is 51.2 Å². The van der Waals surface area contributed by atoms with Crippen molar-refractivity contribution in [3.8, 4) is 0 Å². The maximum atomic E-state index is 13.0. The average molecular weight is 218 g/mol. The summed E-state index contributed by atoms with van der Waals surface area (Å²) in [5, 5.41) is -4.31. The first kappa shape index (κ1) is 9.26. The Morgan fingerprint density at radius 1 is 1.14 bits per heavy atom. The van der Waals surface area contributed by atoms with Gasteiger partial charge in [0.15, 0.2) is 0 Å². The van der Waals surface area contributed by atoms with E-state index < -0.39 is 31.3 Å². The maximum absolute atomic E-state index is 13.0. The Morgan fingerprint density at radius 2 is 1.71 bits per heavy atom. The van der Waals surface area contributed by atoms with E-state index in [4.69, 9.17) is 0 Å². The number of rotatable bonds is 0. The summed E-state index contributed by atoms with van der Waals surface area (Å²) < 4.78 is 48.2. The summed E-state index contributed by atoms with van der Waals surface area (Å²) in [5.41, 5.74) is -0.433. The molecule has 1 heterocycles. The Bertz CT molecular complexity index is 519. The summed E-state index contributed by atoms with van der Waals surface area (Å²) in [6.45, 7) is 0. The second-order valence-electron chi connectivity index (χ2n) is 2.85. The number of hydrogen-bond acceptors (Lipinski definition) is 3. The lowest BCUT2D eigenvalue weighted by Crippen LogP contribution is -2.30. The van der Waals surface area contributed by atoms with Gasteiger partial charge in [-0.05, 0) is 12.1 Å². The Balaban J connectivity index is 2.88. The van der Waals surface area contributed by atoms with E-state index in [1.807, 2.05) is 0 Å². The molecule has 0 N–H and O–H groups in total. The predicted molar refractivity (Wildman–Crippen MR) is 42.9 cm³/mol. The number of halogens is 2. The van der Waals surface area contributed by atoms with E-state index in [2.05, 4.69) is 0 Å². The molecule has 0 bridgehead atoms. The Labute approximate surface area is 78.3 Å². The lowest BCUT2D eigenvalue weighted by atomic mass is 10.1. The summed E-state index contributed by atoms with van der Waals surface area (Å²) in [7, 11) is -4.82. The second kappa shape index (κ2) is 2.38. The molecule has 3 nitrogen and oxygen atoms in total. The highest BCUT2D eigenvalue weighted by atomic mass is 32.2. The van der Waals surface area contributed by atoms with Crippen LogP contribution in [0.25, 0.3) is 0 Å². The van der Waals surface area contributed by atoms with Gasteiger partial charge in [-0.2, -0.15) is 8.78 Å². The molecule has 6 heteroatoms. The van der Waals surface area contributed by atoms with Crippen LogP contribution < -0.4 is 0 Å². The van der Waals surface area contributed by atoms with Gasteiger partial charge in [0, 0.05) is 5.56 Å². The molecule has 0 saturated heterocycles. The zero-order valence-corrected chi connectivity index (χ0v) is 7.51. The third-order valence-corrected chi connectivity index (χ3v) is 3.82. The fraction of sp³-hybridized carbons (Fsp3) is 0.125. The van der Waals surface area contributed by atoms with Gasteiger partial charge in [0.25, 0.3) is 9.84 Å². The minimum atomic E-state index is -4.82. The lowest BCUT2D eigenvalue weighted by Gasteiger charge is -2.04. The van der Waals surface area contributed by atoms with Crippen LogP contribution in [0.5, 0.6) is 0 Å². The number of ketones is 1. The number of Topliss-reactive ketones (excluding diaryl/α,β-unsaturated/α-hetero) is 1. The minimum Gasteiger partial charge on any atom is -0.286 e. The van der Waals surface area contributed by atoms with Crippen molar-refractivity contribution in [3.05, 3.63) is 29.8 Å². The van der Waals surface area contributed by atoms with Crippen LogP contribution >= 0.6 is 0 Å². The molecular weight excluding hydrogens is 214 g/mol. The van der Waals surface area contributed by atoms with Gasteiger partial charge in [0.1, 0.15) is 0 Å². The molecule has 0 unspecified atom stereocenters. The van der Waals surface area contributed by atoms with Gasteiger partial charge in [-0.15, -0.1) is 0 Å². The van der Waals surface area contributed by atoms with Crippen molar-refractivity contribution >= 4 is 15.6 Å². The van der Waals surface area contributed by atoms with Crippen molar-refractivity contribution < 1.29 is 22.0 Å². The van der Waals surface area contributed by atoms with Crippen molar-refractivity contribution in [3.63, 3.8) is 0 Å². The number of fused-ring (bicyclic) bond motifs is 1.